The SMILES string of the molecule is CCc1nn(C)c(CS(=O)c2ccncc2N)c1Cl. The summed E-state index contributed by atoms with van der Waals surface area (Å²) in [6.07, 6.45) is 3.82. The Hall–Kier alpha value is -1.40. The van der Waals surface area contributed by atoms with Gasteiger partial charge in [-0.1, -0.05) is 18.5 Å². The van der Waals surface area contributed by atoms with Gasteiger partial charge >= 0.3 is 0 Å². The van der Waals surface area contributed by atoms with E-state index in [4.69, 9.17) is 17.3 Å². The van der Waals surface area contributed by atoms with E-state index in [0.29, 0.717) is 15.6 Å². The predicted molar refractivity (Wildman–Crippen MR) is 76.4 cm³/mol. The second kappa shape index (κ2) is 5.71. The molecule has 2 rings (SSSR count). The van der Waals surface area contributed by atoms with Gasteiger partial charge in [0.2, 0.25) is 0 Å². The van der Waals surface area contributed by atoms with E-state index in [1.807, 2.05) is 6.92 Å². The Balaban J connectivity index is 2.30. The van der Waals surface area contributed by atoms with Crippen LogP contribution < -0.4 is 5.73 Å². The lowest BCUT2D eigenvalue weighted by Gasteiger charge is -2.06. The van der Waals surface area contributed by atoms with Crippen LogP contribution in [0.2, 0.25) is 5.02 Å². The highest BCUT2D eigenvalue weighted by atomic mass is 35.5. The van der Waals surface area contributed by atoms with E-state index in [1.54, 1.807) is 24.0 Å². The maximum Gasteiger partial charge on any atom is 0.0859 e. The molecule has 0 bridgehead atoms. The Morgan fingerprint density at radius 1 is 1.53 bits per heavy atom. The number of halogens is 1. The van der Waals surface area contributed by atoms with Crippen LogP contribution in [0.4, 0.5) is 5.69 Å². The normalized spacial score (nSPS) is 12.6. The number of rotatable bonds is 4. The third kappa shape index (κ3) is 2.79. The zero-order chi connectivity index (χ0) is 14.0. The van der Waals surface area contributed by atoms with Crippen LogP contribution in [0.25, 0.3) is 0 Å². The molecule has 1 atom stereocenters. The molecule has 102 valence electrons. The molecule has 0 saturated heterocycles. The molecule has 2 aromatic rings. The molecule has 0 aliphatic carbocycles. The van der Waals surface area contributed by atoms with Crippen molar-refractivity contribution in [3.05, 3.63) is 34.9 Å². The number of nitrogens with two attached hydrogens (primary N) is 1. The van der Waals surface area contributed by atoms with Gasteiger partial charge in [0, 0.05) is 13.2 Å². The summed E-state index contributed by atoms with van der Waals surface area (Å²) in [6.45, 7) is 1.98. The largest absolute Gasteiger partial charge is 0.396 e. The fourth-order valence-electron chi connectivity index (χ4n) is 1.78. The third-order valence-corrected chi connectivity index (χ3v) is 4.66. The summed E-state index contributed by atoms with van der Waals surface area (Å²) in [4.78, 5) is 4.46. The van der Waals surface area contributed by atoms with Crippen LogP contribution in [0.15, 0.2) is 23.4 Å². The molecule has 0 aliphatic rings. The van der Waals surface area contributed by atoms with Crippen LogP contribution in [-0.2, 0) is 30.0 Å². The van der Waals surface area contributed by atoms with Gasteiger partial charge in [0.25, 0.3) is 0 Å². The van der Waals surface area contributed by atoms with Crippen LogP contribution in [0, 0.1) is 0 Å². The Labute approximate surface area is 119 Å². The van der Waals surface area contributed by atoms with Gasteiger partial charge in [-0.25, -0.2) is 0 Å². The lowest BCUT2D eigenvalue weighted by molar-refractivity contribution is 0.675. The van der Waals surface area contributed by atoms with Gasteiger partial charge in [-0.15, -0.1) is 0 Å². The van der Waals surface area contributed by atoms with Crippen LogP contribution >= 0.6 is 11.6 Å². The second-order valence-electron chi connectivity index (χ2n) is 4.09. The zero-order valence-corrected chi connectivity index (χ0v) is 12.3. The molecule has 1 unspecified atom stereocenters. The molecule has 2 N–H and O–H groups in total. The van der Waals surface area contributed by atoms with E-state index in [9.17, 15) is 4.21 Å². The quantitative estimate of drug-likeness (QED) is 0.936. The summed E-state index contributed by atoms with van der Waals surface area (Å²) >= 11 is 6.24. The first-order valence-electron chi connectivity index (χ1n) is 5.82. The van der Waals surface area contributed by atoms with E-state index in [2.05, 4.69) is 10.1 Å². The highest BCUT2D eigenvalue weighted by Crippen LogP contribution is 2.25. The molecule has 7 heteroatoms. The van der Waals surface area contributed by atoms with Crippen LogP contribution in [0.1, 0.15) is 18.3 Å². The van der Waals surface area contributed by atoms with E-state index in [1.165, 1.54) is 6.20 Å². The molecule has 0 fully saturated rings. The summed E-state index contributed by atoms with van der Waals surface area (Å²) < 4.78 is 14.0. The minimum Gasteiger partial charge on any atom is -0.396 e. The van der Waals surface area contributed by atoms with Crippen molar-refractivity contribution in [3.63, 3.8) is 0 Å². The maximum atomic E-state index is 12.3. The number of hydrogen-bond donors (Lipinski definition) is 1. The summed E-state index contributed by atoms with van der Waals surface area (Å²) in [5.74, 6) is 0.288. The average Bonchev–Trinajstić information content (AvgIpc) is 2.66. The first-order valence-corrected chi connectivity index (χ1v) is 7.52. The van der Waals surface area contributed by atoms with E-state index in [0.717, 1.165) is 17.8 Å². The molecule has 0 amide bonds. The smallest absolute Gasteiger partial charge is 0.0859 e. The summed E-state index contributed by atoms with van der Waals surface area (Å²) in [5, 5.41) is 4.89. The van der Waals surface area contributed by atoms with Crippen molar-refractivity contribution in [3.8, 4) is 0 Å². The summed E-state index contributed by atoms with van der Waals surface area (Å²) in [5.41, 5.74) is 7.77. The monoisotopic (exact) mass is 298 g/mol. The van der Waals surface area contributed by atoms with Crippen molar-refractivity contribution in [2.45, 2.75) is 24.0 Å². The Morgan fingerprint density at radius 3 is 2.84 bits per heavy atom. The minimum absolute atomic E-state index is 0.288. The van der Waals surface area contributed by atoms with Gasteiger partial charge < -0.3 is 5.73 Å². The van der Waals surface area contributed by atoms with Crippen LogP contribution in [-0.4, -0.2) is 19.0 Å². The molecule has 0 aliphatic heterocycles. The standard InChI is InChI=1S/C12H15ClN4OS/c1-3-9-12(13)10(17(2)16-9)7-19(18)11-4-5-15-6-8(11)14/h4-6H,3,7,14H2,1-2H3. The number of nitrogen functional groups attached to an aromatic ring is 1. The lowest BCUT2D eigenvalue weighted by Crippen LogP contribution is -2.05. The first-order chi connectivity index (χ1) is 9.04. The fraction of sp³-hybridized carbons (Fsp3) is 0.333. The highest BCUT2D eigenvalue weighted by Gasteiger charge is 2.17. The molecular weight excluding hydrogens is 284 g/mol. The Kier molecular flexibility index (Phi) is 4.21. The molecule has 0 spiro atoms. The van der Waals surface area contributed by atoms with Crippen molar-refractivity contribution >= 4 is 28.1 Å². The highest BCUT2D eigenvalue weighted by molar-refractivity contribution is 7.84. The van der Waals surface area contributed by atoms with Gasteiger partial charge in [-0.05, 0) is 12.5 Å². The van der Waals surface area contributed by atoms with E-state index >= 15 is 0 Å². The van der Waals surface area contributed by atoms with Crippen molar-refractivity contribution in [1.29, 1.82) is 0 Å². The average molecular weight is 299 g/mol. The van der Waals surface area contributed by atoms with Gasteiger partial charge in [-0.3, -0.25) is 13.9 Å². The molecule has 19 heavy (non-hydrogen) atoms. The van der Waals surface area contributed by atoms with Crippen molar-refractivity contribution in [1.82, 2.24) is 14.8 Å². The number of nitrogens with zero attached hydrogens (tertiary/aromatic N) is 3. The number of hydrogen-bond acceptors (Lipinski definition) is 4. The Morgan fingerprint density at radius 2 is 2.26 bits per heavy atom. The molecule has 0 aromatic carbocycles. The Bertz CT molecular complexity index is 626. The van der Waals surface area contributed by atoms with Crippen LogP contribution in [0.5, 0.6) is 0 Å². The molecule has 2 aromatic heterocycles. The summed E-state index contributed by atoms with van der Waals surface area (Å²) in [7, 11) is 0.534. The maximum absolute atomic E-state index is 12.3. The number of pyridine rings is 1. The number of aryl methyl sites for hydroxylation is 2. The third-order valence-electron chi connectivity index (χ3n) is 2.83. The molecule has 2 heterocycles. The van der Waals surface area contributed by atoms with E-state index < -0.39 is 10.8 Å². The molecule has 5 nitrogen and oxygen atoms in total. The fourth-order valence-corrected chi connectivity index (χ4v) is 3.48. The van der Waals surface area contributed by atoms with Gasteiger partial charge in [0.05, 0.1) is 49.7 Å². The predicted octanol–water partition coefficient (Wildman–Crippen LogP) is 1.92. The van der Waals surface area contributed by atoms with Gasteiger partial charge in [0.15, 0.2) is 0 Å². The number of aromatic nitrogens is 3. The van der Waals surface area contributed by atoms with Crippen molar-refractivity contribution in [2.75, 3.05) is 5.73 Å². The minimum atomic E-state index is -1.27. The topological polar surface area (TPSA) is 73.8 Å². The van der Waals surface area contributed by atoms with Crippen LogP contribution in [0.3, 0.4) is 0 Å². The molecule has 0 saturated carbocycles. The molecule has 0 radical (unpaired) electrons. The van der Waals surface area contributed by atoms with E-state index in [-0.39, 0.29) is 5.75 Å². The molecular formula is C12H15ClN4OS. The first kappa shape index (κ1) is 14.0. The second-order valence-corrected chi connectivity index (χ2v) is 5.89. The van der Waals surface area contributed by atoms with Gasteiger partial charge in [-0.2, -0.15) is 5.10 Å². The van der Waals surface area contributed by atoms with Crippen molar-refractivity contribution in [2.24, 2.45) is 7.05 Å². The summed E-state index contributed by atoms with van der Waals surface area (Å²) in [6, 6.07) is 1.66. The zero-order valence-electron chi connectivity index (χ0n) is 10.8. The lowest BCUT2D eigenvalue weighted by atomic mass is 10.3. The van der Waals surface area contributed by atoms with Crippen molar-refractivity contribution < 1.29 is 4.21 Å². The number of anilines is 1. The van der Waals surface area contributed by atoms with Gasteiger partial charge in [0.1, 0.15) is 0 Å².